The molecule has 0 atom stereocenters. The van der Waals surface area contributed by atoms with Crippen molar-refractivity contribution >= 4 is 0 Å². The van der Waals surface area contributed by atoms with Gasteiger partial charge >= 0.3 is 141 Å². The van der Waals surface area contributed by atoms with Crippen LogP contribution < -0.4 is 0 Å². The van der Waals surface area contributed by atoms with Crippen molar-refractivity contribution in [3.05, 3.63) is 24.3 Å². The Morgan fingerprint density at radius 1 is 0.636 bits per heavy atom. The van der Waals surface area contributed by atoms with E-state index in [0.29, 0.717) is 3.67 Å². The fraction of sp³-hybridized carbons (Fsp3) is 0.778. The molecule has 0 radical (unpaired) electrons. The van der Waals surface area contributed by atoms with Crippen LogP contribution in [0.2, 0.25) is 8.35 Å². The van der Waals surface area contributed by atoms with Gasteiger partial charge in [0.25, 0.3) is 0 Å². The van der Waals surface area contributed by atoms with Crippen LogP contribution in [-0.2, 0) is 19.4 Å². The monoisotopic (exact) mass is 476 g/mol. The first-order chi connectivity index (χ1) is 10.5. The second-order valence-corrected chi connectivity index (χ2v) is 27.5. The van der Waals surface area contributed by atoms with Crippen LogP contribution in [0.1, 0.15) is 41.5 Å². The van der Waals surface area contributed by atoms with Crippen molar-refractivity contribution in [3.63, 3.8) is 0 Å². The molecule has 0 saturated carbocycles. The van der Waals surface area contributed by atoms with E-state index in [1.54, 1.807) is 0 Å². The molecule has 0 bridgehead atoms. The van der Waals surface area contributed by atoms with E-state index in [-0.39, 0.29) is 0 Å². The summed E-state index contributed by atoms with van der Waals surface area (Å²) >= 11 is -3.73. The summed E-state index contributed by atoms with van der Waals surface area (Å²) < 4.78 is 11.9. The van der Waals surface area contributed by atoms with Gasteiger partial charge in [-0.15, -0.1) is 0 Å². The third-order valence-electron chi connectivity index (χ3n) is 6.16. The molecule has 1 aliphatic carbocycles. The molecule has 22 heavy (non-hydrogen) atoms. The van der Waals surface area contributed by atoms with Gasteiger partial charge in [-0.25, -0.2) is 0 Å². The molecule has 0 aliphatic heterocycles. The summed E-state index contributed by atoms with van der Waals surface area (Å²) in [5.74, 6) is 0. The van der Waals surface area contributed by atoms with Crippen LogP contribution in [0.3, 0.4) is 0 Å². The van der Waals surface area contributed by atoms with Gasteiger partial charge in [0.2, 0.25) is 0 Å². The van der Waals surface area contributed by atoms with Crippen LogP contribution in [0, 0.1) is 0 Å². The second kappa shape index (κ2) is 8.36. The molecule has 0 heterocycles. The summed E-state index contributed by atoms with van der Waals surface area (Å²) in [6.07, 6.45) is 9.48. The van der Waals surface area contributed by atoms with Crippen molar-refractivity contribution in [2.75, 3.05) is 39.3 Å². The summed E-state index contributed by atoms with van der Waals surface area (Å²) in [7, 11) is 0. The minimum absolute atomic E-state index is 0.594. The van der Waals surface area contributed by atoms with Gasteiger partial charge in [-0.2, -0.15) is 0 Å². The number of hydrogen-bond acceptors (Lipinski definition) is 3. The van der Waals surface area contributed by atoms with Gasteiger partial charge in [-0.3, -0.25) is 0 Å². The van der Waals surface area contributed by atoms with E-state index < -0.39 is 19.4 Å². The quantitative estimate of drug-likeness (QED) is 0.434. The Hall–Kier alpha value is 0.230. The maximum absolute atomic E-state index is 3.73. The average molecular weight is 475 g/mol. The Balaban J connectivity index is 3.68. The van der Waals surface area contributed by atoms with Gasteiger partial charge in [0, 0.05) is 0 Å². The van der Waals surface area contributed by atoms with E-state index in [1.807, 2.05) is 0 Å². The van der Waals surface area contributed by atoms with Gasteiger partial charge in [0.1, 0.15) is 0 Å². The molecule has 0 fully saturated rings. The van der Waals surface area contributed by atoms with Crippen molar-refractivity contribution < 1.29 is 19.4 Å². The van der Waals surface area contributed by atoms with Gasteiger partial charge in [0.15, 0.2) is 0 Å². The number of rotatable bonds is 10. The van der Waals surface area contributed by atoms with Gasteiger partial charge in [-0.05, 0) is 0 Å². The predicted octanol–water partition coefficient (Wildman–Crippen LogP) is 4.41. The normalized spacial score (nSPS) is 17.8. The first-order valence-corrected chi connectivity index (χ1v) is 19.8. The first kappa shape index (κ1) is 20.3. The molecule has 0 spiro atoms. The number of hydrogen-bond donors (Lipinski definition) is 0. The molecule has 0 aromatic heterocycles. The molecular formula is C18H38HfN3. The fourth-order valence-electron chi connectivity index (χ4n) is 5.13. The molecular weight excluding hydrogens is 437 g/mol. The Bertz CT molecular complexity index is 347. The van der Waals surface area contributed by atoms with E-state index in [4.69, 9.17) is 0 Å². The zero-order valence-electron chi connectivity index (χ0n) is 16.0. The molecule has 1 aliphatic rings. The van der Waals surface area contributed by atoms with Crippen molar-refractivity contribution in [2.45, 2.75) is 49.9 Å². The fourth-order valence-corrected chi connectivity index (χ4v) is 34.9. The van der Waals surface area contributed by atoms with Crippen molar-refractivity contribution in [1.29, 1.82) is 0 Å². The van der Waals surface area contributed by atoms with E-state index in [1.165, 1.54) is 0 Å². The van der Waals surface area contributed by atoms with E-state index in [0.717, 1.165) is 39.3 Å². The maximum atomic E-state index is 2.88. The van der Waals surface area contributed by atoms with Crippen LogP contribution >= 0.6 is 0 Å². The first-order valence-electron chi connectivity index (χ1n) is 9.27. The van der Waals surface area contributed by atoms with Crippen LogP contribution in [0.5, 0.6) is 0 Å². The van der Waals surface area contributed by atoms with Crippen molar-refractivity contribution in [2.24, 2.45) is 0 Å². The molecule has 4 heteroatoms. The van der Waals surface area contributed by atoms with E-state index in [9.17, 15) is 0 Å². The van der Waals surface area contributed by atoms with Gasteiger partial charge in [-0.1, -0.05) is 0 Å². The third kappa shape index (κ3) is 2.85. The van der Waals surface area contributed by atoms with Crippen LogP contribution in [0.15, 0.2) is 24.3 Å². The van der Waals surface area contributed by atoms with Crippen molar-refractivity contribution in [1.82, 2.24) is 8.66 Å². The Morgan fingerprint density at radius 2 is 0.909 bits per heavy atom. The van der Waals surface area contributed by atoms with Crippen LogP contribution in [-0.4, -0.2) is 47.9 Å². The molecule has 0 unspecified atom stereocenters. The molecule has 0 aromatic rings. The zero-order chi connectivity index (χ0) is 16.8. The Kier molecular flexibility index (Phi) is 7.71. The average Bonchev–Trinajstić information content (AvgIpc) is 3.06. The molecule has 3 nitrogen and oxygen atoms in total. The zero-order valence-corrected chi connectivity index (χ0v) is 19.6. The van der Waals surface area contributed by atoms with Gasteiger partial charge < -0.3 is 0 Å². The number of allylic oxidation sites excluding steroid dienone is 4. The Morgan fingerprint density at radius 3 is 1.14 bits per heavy atom. The van der Waals surface area contributed by atoms with Crippen LogP contribution in [0.4, 0.5) is 0 Å². The van der Waals surface area contributed by atoms with Crippen molar-refractivity contribution in [3.8, 4) is 0 Å². The van der Waals surface area contributed by atoms with Crippen LogP contribution in [0.25, 0.3) is 0 Å². The minimum atomic E-state index is -3.73. The molecule has 0 N–H and O–H groups in total. The summed E-state index contributed by atoms with van der Waals surface area (Å²) in [4.78, 5) is 0. The summed E-state index contributed by atoms with van der Waals surface area (Å²) in [6, 6.07) is 0. The summed E-state index contributed by atoms with van der Waals surface area (Å²) in [6.45, 7) is 21.0. The van der Waals surface area contributed by atoms with E-state index in [2.05, 4.69) is 79.2 Å². The molecule has 0 aromatic carbocycles. The second-order valence-electron chi connectivity index (χ2n) is 6.46. The van der Waals surface area contributed by atoms with Gasteiger partial charge in [0.05, 0.1) is 0 Å². The summed E-state index contributed by atoms with van der Waals surface area (Å²) in [5.41, 5.74) is 0. The molecule has 0 saturated heterocycles. The SMILES string of the molecule is CC[N](CC)[Hf]([CH3])([CH]1C=CC=C1)([N](CC)CC)[N](CC)CC. The number of nitrogens with zero attached hydrogens (tertiary/aromatic N) is 3. The molecule has 1 rings (SSSR count). The molecule has 129 valence electrons. The Labute approximate surface area is 141 Å². The van der Waals surface area contributed by atoms with E-state index >= 15 is 0 Å². The topological polar surface area (TPSA) is 9.72 Å². The molecule has 0 amide bonds. The predicted molar refractivity (Wildman–Crippen MR) is 96.7 cm³/mol. The third-order valence-corrected chi connectivity index (χ3v) is 36.8. The summed E-state index contributed by atoms with van der Waals surface area (Å²) in [5, 5.41) is 0. The standard InChI is InChI=1S/C5H5.3C4H10N.CH3.Hf/c1-2-4-5-3-1;3*1-3-5-4-2;;/h1-5H;3*3-4H2,1-2H3;1H3;/q;3*-1;;+3.